The van der Waals surface area contributed by atoms with E-state index in [0.717, 1.165) is 40.6 Å². The summed E-state index contributed by atoms with van der Waals surface area (Å²) in [5.41, 5.74) is 6.12. The molecule has 0 unspecified atom stereocenters. The van der Waals surface area contributed by atoms with E-state index in [1.165, 1.54) is 5.57 Å². The van der Waals surface area contributed by atoms with Crippen molar-refractivity contribution < 1.29 is 5.11 Å². The average molecular weight is 450 g/mol. The van der Waals surface area contributed by atoms with Gasteiger partial charge in [0.05, 0.1) is 0 Å². The first-order chi connectivity index (χ1) is 16.3. The predicted octanol–water partition coefficient (Wildman–Crippen LogP) is 7.01. The monoisotopic (exact) mass is 449 g/mol. The van der Waals surface area contributed by atoms with Crippen LogP contribution in [0.3, 0.4) is 0 Å². The number of phenolic OH excluding ortho intramolecular Hbond substituents is 1. The Hall–Kier alpha value is -3.66. The molecule has 0 saturated heterocycles. The second-order valence-electron chi connectivity index (χ2n) is 10.1. The summed E-state index contributed by atoms with van der Waals surface area (Å²) in [6.45, 7) is 8.85. The molecular weight excluding hydrogens is 418 g/mol. The van der Waals surface area contributed by atoms with Crippen molar-refractivity contribution >= 4 is 11.0 Å². The third-order valence-corrected chi connectivity index (χ3v) is 7.30. The number of aromatic hydroxyl groups is 1. The van der Waals surface area contributed by atoms with Crippen LogP contribution in [-0.2, 0) is 10.8 Å². The molecule has 4 heteroatoms. The first kappa shape index (κ1) is 22.1. The highest BCUT2D eigenvalue weighted by molar-refractivity contribution is 5.74. The molecule has 0 fully saturated rings. The van der Waals surface area contributed by atoms with Gasteiger partial charge in [0.2, 0.25) is 0 Å². The maximum Gasteiger partial charge on any atom is 0.147 e. The molecular formula is C30H31N3O. The fraction of sp³-hybridized carbons (Fsp3) is 0.267. The molecule has 1 heterocycles. The number of rotatable bonds is 5. The van der Waals surface area contributed by atoms with Crippen molar-refractivity contribution in [2.75, 3.05) is 0 Å². The lowest BCUT2D eigenvalue weighted by atomic mass is 9.71. The summed E-state index contributed by atoms with van der Waals surface area (Å²) in [6.07, 6.45) is 8.68. The molecule has 1 N–H and O–H groups in total. The third-order valence-electron chi connectivity index (χ3n) is 7.30. The first-order valence-corrected chi connectivity index (χ1v) is 11.9. The fourth-order valence-electron chi connectivity index (χ4n) is 4.90. The van der Waals surface area contributed by atoms with E-state index in [4.69, 9.17) is 10.2 Å². The van der Waals surface area contributed by atoms with Gasteiger partial charge in [0, 0.05) is 16.4 Å². The second-order valence-corrected chi connectivity index (χ2v) is 10.1. The average Bonchev–Trinajstić information content (AvgIpc) is 3.29. The van der Waals surface area contributed by atoms with Gasteiger partial charge in [-0.3, -0.25) is 0 Å². The van der Waals surface area contributed by atoms with Gasteiger partial charge in [-0.05, 0) is 42.2 Å². The minimum atomic E-state index is -0.417. The van der Waals surface area contributed by atoms with E-state index >= 15 is 0 Å². The van der Waals surface area contributed by atoms with Gasteiger partial charge < -0.3 is 5.11 Å². The van der Waals surface area contributed by atoms with Gasteiger partial charge in [-0.15, -0.1) is 15.0 Å². The molecule has 1 aliphatic carbocycles. The minimum Gasteiger partial charge on any atom is -0.505 e. The molecule has 0 radical (unpaired) electrons. The molecule has 172 valence electrons. The number of nitrogens with zero attached hydrogens (tertiary/aromatic N) is 3. The summed E-state index contributed by atoms with van der Waals surface area (Å²) in [5, 5.41) is 21.0. The molecule has 4 nitrogen and oxygen atoms in total. The van der Waals surface area contributed by atoms with E-state index in [9.17, 15) is 5.11 Å². The fourth-order valence-corrected chi connectivity index (χ4v) is 4.90. The van der Waals surface area contributed by atoms with Crippen LogP contribution in [0.2, 0.25) is 0 Å². The van der Waals surface area contributed by atoms with Crippen LogP contribution in [0.25, 0.3) is 16.7 Å². The largest absolute Gasteiger partial charge is 0.505 e. The smallest absolute Gasteiger partial charge is 0.147 e. The Morgan fingerprint density at radius 2 is 1.44 bits per heavy atom. The van der Waals surface area contributed by atoms with Crippen molar-refractivity contribution in [2.24, 2.45) is 0 Å². The second kappa shape index (κ2) is 8.28. The van der Waals surface area contributed by atoms with Crippen molar-refractivity contribution in [3.8, 4) is 11.4 Å². The summed E-state index contributed by atoms with van der Waals surface area (Å²) >= 11 is 0. The van der Waals surface area contributed by atoms with E-state index in [-0.39, 0.29) is 11.2 Å². The van der Waals surface area contributed by atoms with Crippen LogP contribution in [0.1, 0.15) is 57.2 Å². The minimum absolute atomic E-state index is 0.207. The van der Waals surface area contributed by atoms with Crippen LogP contribution in [0.15, 0.2) is 90.5 Å². The molecule has 0 aliphatic heterocycles. The number of phenols is 1. The molecule has 0 saturated carbocycles. The van der Waals surface area contributed by atoms with E-state index in [2.05, 4.69) is 70.2 Å². The zero-order valence-electron chi connectivity index (χ0n) is 20.3. The Balaban J connectivity index is 1.76. The Morgan fingerprint density at radius 3 is 2.06 bits per heavy atom. The van der Waals surface area contributed by atoms with Crippen molar-refractivity contribution in [3.05, 3.63) is 107 Å². The van der Waals surface area contributed by atoms with Crippen LogP contribution in [0, 0.1) is 0 Å². The Bertz CT molecular complexity index is 1370. The molecule has 3 aromatic carbocycles. The van der Waals surface area contributed by atoms with Gasteiger partial charge in [-0.25, -0.2) is 0 Å². The van der Waals surface area contributed by atoms with E-state index in [0.29, 0.717) is 5.69 Å². The zero-order valence-corrected chi connectivity index (χ0v) is 20.3. The van der Waals surface area contributed by atoms with Crippen LogP contribution < -0.4 is 0 Å². The summed E-state index contributed by atoms with van der Waals surface area (Å²) in [6, 6.07) is 22.4. The van der Waals surface area contributed by atoms with Crippen LogP contribution >= 0.6 is 0 Å². The van der Waals surface area contributed by atoms with E-state index in [1.54, 1.807) is 4.80 Å². The molecule has 4 aromatic rings. The highest BCUT2D eigenvalue weighted by Gasteiger charge is 2.33. The van der Waals surface area contributed by atoms with Crippen molar-refractivity contribution in [1.82, 2.24) is 15.0 Å². The topological polar surface area (TPSA) is 50.9 Å². The molecule has 1 aromatic heterocycles. The van der Waals surface area contributed by atoms with Crippen LogP contribution in [0.4, 0.5) is 0 Å². The highest BCUT2D eigenvalue weighted by atomic mass is 16.3. The summed E-state index contributed by atoms with van der Waals surface area (Å²) in [5.74, 6) is 0.214. The number of benzene rings is 3. The van der Waals surface area contributed by atoms with Crippen molar-refractivity contribution in [2.45, 2.75) is 51.4 Å². The third kappa shape index (κ3) is 3.73. The van der Waals surface area contributed by atoms with Gasteiger partial charge in [0.1, 0.15) is 22.5 Å². The quantitative estimate of drug-likeness (QED) is 0.357. The molecule has 0 amide bonds. The first-order valence-electron chi connectivity index (χ1n) is 11.9. The van der Waals surface area contributed by atoms with E-state index in [1.807, 2.05) is 42.5 Å². The molecule has 0 spiro atoms. The molecule has 1 aliphatic rings. The van der Waals surface area contributed by atoms with Crippen LogP contribution in [-0.4, -0.2) is 20.1 Å². The Kier molecular flexibility index (Phi) is 5.40. The van der Waals surface area contributed by atoms with Crippen molar-refractivity contribution in [1.29, 1.82) is 0 Å². The number of hydrogen-bond acceptors (Lipinski definition) is 3. The SMILES string of the molecule is CC(C)(C1=CC=CCC1)c1cc(-n2nc3ccccc3n2)c(O)c(C(C)(C)c2ccccc2)c1. The highest BCUT2D eigenvalue weighted by Crippen LogP contribution is 2.44. The Morgan fingerprint density at radius 1 is 0.794 bits per heavy atom. The number of hydrogen-bond donors (Lipinski definition) is 1. The van der Waals surface area contributed by atoms with Crippen LogP contribution in [0.5, 0.6) is 5.75 Å². The maximum absolute atomic E-state index is 11.6. The predicted molar refractivity (Wildman–Crippen MR) is 139 cm³/mol. The van der Waals surface area contributed by atoms with Gasteiger partial charge in [-0.1, -0.05) is 100 Å². The van der Waals surface area contributed by atoms with E-state index < -0.39 is 5.41 Å². The Labute approximate surface area is 201 Å². The molecule has 0 atom stereocenters. The van der Waals surface area contributed by atoms with Gasteiger partial charge in [0.25, 0.3) is 0 Å². The van der Waals surface area contributed by atoms with Gasteiger partial charge in [-0.2, -0.15) is 0 Å². The summed E-state index contributed by atoms with van der Waals surface area (Å²) in [7, 11) is 0. The maximum atomic E-state index is 11.6. The van der Waals surface area contributed by atoms with Crippen molar-refractivity contribution in [3.63, 3.8) is 0 Å². The number of fused-ring (bicyclic) bond motifs is 1. The summed E-state index contributed by atoms with van der Waals surface area (Å²) < 4.78 is 0. The number of allylic oxidation sites excluding steroid dienone is 4. The standard InChI is InChI=1S/C30H31N3O/c1-29(2,21-13-7-5-8-14-21)23-19-24(30(3,4)22-15-9-6-10-16-22)28(34)27(20-23)33-31-25-17-11-12-18-26(25)32-33/h5-7,9-13,15-20,34H,8,14H2,1-4H3. The lowest BCUT2D eigenvalue weighted by molar-refractivity contribution is 0.444. The lowest BCUT2D eigenvalue weighted by Gasteiger charge is -2.34. The number of aromatic nitrogens is 3. The van der Waals surface area contributed by atoms with Gasteiger partial charge >= 0.3 is 0 Å². The molecule has 5 rings (SSSR count). The molecule has 0 bridgehead atoms. The normalized spacial score (nSPS) is 14.4. The lowest BCUT2D eigenvalue weighted by Crippen LogP contribution is -2.25. The van der Waals surface area contributed by atoms with Gasteiger partial charge in [0.15, 0.2) is 0 Å². The molecule has 34 heavy (non-hydrogen) atoms. The zero-order chi connectivity index (χ0) is 23.9. The summed E-state index contributed by atoms with van der Waals surface area (Å²) in [4.78, 5) is 1.58.